The van der Waals surface area contributed by atoms with Crippen LogP contribution in [0.5, 0.6) is 0 Å². The Labute approximate surface area is 80.1 Å². The highest BCUT2D eigenvalue weighted by Crippen LogP contribution is 2.13. The number of rotatable bonds is 3. The smallest absolute Gasteiger partial charge is 0.106 e. The van der Waals surface area contributed by atoms with Gasteiger partial charge in [0.05, 0.1) is 12.6 Å². The first kappa shape index (κ1) is 9.64. The summed E-state index contributed by atoms with van der Waals surface area (Å²) in [4.78, 5) is 4.00. The van der Waals surface area contributed by atoms with Gasteiger partial charge in [-0.05, 0) is 33.6 Å². The van der Waals surface area contributed by atoms with Crippen LogP contribution in [0.4, 0.5) is 0 Å². The van der Waals surface area contributed by atoms with E-state index in [9.17, 15) is 0 Å². The molecule has 0 unspecified atom stereocenters. The standard InChI is InChI=1S/C8H11BrN2O/c1-12-5-7(10)6-2-3-11-8(9)4-6/h2-4,7H,5,10H2,1H3/t7-/m1/s1. The number of methoxy groups -OCH3 is 1. The Balaban J connectivity index is 2.73. The SMILES string of the molecule is COC[C@@H](N)c1ccnc(Br)c1. The van der Waals surface area contributed by atoms with E-state index in [2.05, 4.69) is 20.9 Å². The molecule has 1 aromatic heterocycles. The molecule has 1 rings (SSSR count). The molecule has 1 heterocycles. The van der Waals surface area contributed by atoms with Crippen LogP contribution in [0.15, 0.2) is 22.9 Å². The molecule has 1 atom stereocenters. The maximum absolute atomic E-state index is 5.80. The zero-order chi connectivity index (χ0) is 8.97. The van der Waals surface area contributed by atoms with Crippen LogP contribution in [0.25, 0.3) is 0 Å². The van der Waals surface area contributed by atoms with Gasteiger partial charge in [0.25, 0.3) is 0 Å². The monoisotopic (exact) mass is 230 g/mol. The minimum absolute atomic E-state index is 0.0747. The first-order chi connectivity index (χ1) is 5.74. The van der Waals surface area contributed by atoms with Gasteiger partial charge >= 0.3 is 0 Å². The molecule has 0 saturated heterocycles. The van der Waals surface area contributed by atoms with E-state index in [0.29, 0.717) is 6.61 Å². The zero-order valence-corrected chi connectivity index (χ0v) is 8.41. The van der Waals surface area contributed by atoms with Crippen LogP contribution in [-0.2, 0) is 4.74 Å². The third-order valence-electron chi connectivity index (χ3n) is 1.53. The van der Waals surface area contributed by atoms with Gasteiger partial charge in [0.15, 0.2) is 0 Å². The lowest BCUT2D eigenvalue weighted by molar-refractivity contribution is 0.181. The zero-order valence-electron chi connectivity index (χ0n) is 6.83. The van der Waals surface area contributed by atoms with E-state index in [0.717, 1.165) is 10.2 Å². The van der Waals surface area contributed by atoms with E-state index in [4.69, 9.17) is 10.5 Å². The summed E-state index contributed by atoms with van der Waals surface area (Å²) in [6, 6.07) is 3.70. The summed E-state index contributed by atoms with van der Waals surface area (Å²) in [7, 11) is 1.64. The van der Waals surface area contributed by atoms with Crippen molar-refractivity contribution in [3.8, 4) is 0 Å². The summed E-state index contributed by atoms with van der Waals surface area (Å²) < 4.78 is 5.73. The van der Waals surface area contributed by atoms with Gasteiger partial charge in [-0.2, -0.15) is 0 Å². The Morgan fingerprint density at radius 2 is 2.50 bits per heavy atom. The van der Waals surface area contributed by atoms with E-state index in [-0.39, 0.29) is 6.04 Å². The van der Waals surface area contributed by atoms with Crippen molar-refractivity contribution in [2.24, 2.45) is 5.73 Å². The van der Waals surface area contributed by atoms with E-state index in [1.54, 1.807) is 13.3 Å². The summed E-state index contributed by atoms with van der Waals surface area (Å²) in [6.07, 6.45) is 1.72. The van der Waals surface area contributed by atoms with Crippen LogP contribution in [0, 0.1) is 0 Å². The molecule has 0 aliphatic rings. The number of pyridine rings is 1. The molecule has 0 radical (unpaired) electrons. The lowest BCUT2D eigenvalue weighted by Crippen LogP contribution is -2.15. The Kier molecular flexibility index (Phi) is 3.65. The molecule has 3 nitrogen and oxygen atoms in total. The molecule has 0 spiro atoms. The highest BCUT2D eigenvalue weighted by atomic mass is 79.9. The predicted octanol–water partition coefficient (Wildman–Crippen LogP) is 1.49. The second-order valence-corrected chi connectivity index (χ2v) is 3.29. The number of aromatic nitrogens is 1. The predicted molar refractivity (Wildman–Crippen MR) is 50.7 cm³/mol. The van der Waals surface area contributed by atoms with Crippen LogP contribution in [-0.4, -0.2) is 18.7 Å². The van der Waals surface area contributed by atoms with Gasteiger partial charge in [0.1, 0.15) is 4.60 Å². The normalized spacial score (nSPS) is 12.9. The highest BCUT2D eigenvalue weighted by molar-refractivity contribution is 9.10. The van der Waals surface area contributed by atoms with Crippen molar-refractivity contribution in [3.05, 3.63) is 28.5 Å². The van der Waals surface area contributed by atoms with Gasteiger partial charge in [-0.1, -0.05) is 0 Å². The molecule has 2 N–H and O–H groups in total. The van der Waals surface area contributed by atoms with Crippen molar-refractivity contribution in [1.29, 1.82) is 0 Å². The minimum Gasteiger partial charge on any atom is -0.383 e. The number of halogens is 1. The van der Waals surface area contributed by atoms with Gasteiger partial charge in [0.2, 0.25) is 0 Å². The fourth-order valence-corrected chi connectivity index (χ4v) is 1.31. The molecule has 0 aromatic carbocycles. The van der Waals surface area contributed by atoms with Crippen LogP contribution in [0.2, 0.25) is 0 Å². The van der Waals surface area contributed by atoms with Crippen LogP contribution >= 0.6 is 15.9 Å². The molecule has 1 aromatic rings. The van der Waals surface area contributed by atoms with Crippen LogP contribution in [0.3, 0.4) is 0 Å². The van der Waals surface area contributed by atoms with Gasteiger partial charge < -0.3 is 10.5 Å². The van der Waals surface area contributed by atoms with E-state index in [1.807, 2.05) is 12.1 Å². The van der Waals surface area contributed by atoms with Crippen molar-refractivity contribution >= 4 is 15.9 Å². The first-order valence-corrected chi connectivity index (χ1v) is 4.39. The van der Waals surface area contributed by atoms with Crippen molar-refractivity contribution in [1.82, 2.24) is 4.98 Å². The fourth-order valence-electron chi connectivity index (χ4n) is 0.924. The maximum Gasteiger partial charge on any atom is 0.106 e. The van der Waals surface area contributed by atoms with Crippen molar-refractivity contribution in [2.45, 2.75) is 6.04 Å². The Bertz CT molecular complexity index is 255. The number of hydrogen-bond donors (Lipinski definition) is 1. The molecule has 0 fully saturated rings. The lowest BCUT2D eigenvalue weighted by Gasteiger charge is -2.09. The molecular formula is C8H11BrN2O. The largest absolute Gasteiger partial charge is 0.383 e. The molecule has 12 heavy (non-hydrogen) atoms. The Hall–Kier alpha value is -0.450. The molecule has 0 bridgehead atoms. The van der Waals surface area contributed by atoms with Gasteiger partial charge in [-0.3, -0.25) is 0 Å². The quantitative estimate of drug-likeness (QED) is 0.801. The number of nitrogens with two attached hydrogens (primary N) is 1. The molecule has 0 aliphatic heterocycles. The van der Waals surface area contributed by atoms with Gasteiger partial charge in [-0.15, -0.1) is 0 Å². The van der Waals surface area contributed by atoms with Gasteiger partial charge in [-0.25, -0.2) is 4.98 Å². The highest BCUT2D eigenvalue weighted by Gasteiger charge is 2.04. The second kappa shape index (κ2) is 4.54. The molecule has 66 valence electrons. The summed E-state index contributed by atoms with van der Waals surface area (Å²) >= 11 is 3.27. The van der Waals surface area contributed by atoms with Crippen LogP contribution < -0.4 is 5.73 Å². The minimum atomic E-state index is -0.0747. The molecular weight excluding hydrogens is 220 g/mol. The maximum atomic E-state index is 5.80. The molecule has 0 aliphatic carbocycles. The van der Waals surface area contributed by atoms with E-state index in [1.165, 1.54) is 0 Å². The van der Waals surface area contributed by atoms with Crippen molar-refractivity contribution in [3.63, 3.8) is 0 Å². The molecule has 4 heteroatoms. The molecule has 0 amide bonds. The summed E-state index contributed by atoms with van der Waals surface area (Å²) in [5.74, 6) is 0. The average molecular weight is 231 g/mol. The fraction of sp³-hybridized carbons (Fsp3) is 0.375. The van der Waals surface area contributed by atoms with Crippen molar-refractivity contribution in [2.75, 3.05) is 13.7 Å². The van der Waals surface area contributed by atoms with Crippen molar-refractivity contribution < 1.29 is 4.74 Å². The number of hydrogen-bond acceptors (Lipinski definition) is 3. The average Bonchev–Trinajstić information content (AvgIpc) is 2.05. The molecule has 0 saturated carbocycles. The summed E-state index contributed by atoms with van der Waals surface area (Å²) in [6.45, 7) is 0.524. The second-order valence-electron chi connectivity index (χ2n) is 2.47. The topological polar surface area (TPSA) is 48.1 Å². The van der Waals surface area contributed by atoms with Gasteiger partial charge in [0, 0.05) is 13.3 Å². The third kappa shape index (κ3) is 2.55. The summed E-state index contributed by atoms with van der Waals surface area (Å²) in [5.41, 5.74) is 6.83. The third-order valence-corrected chi connectivity index (χ3v) is 1.96. The van der Waals surface area contributed by atoms with E-state index < -0.39 is 0 Å². The first-order valence-electron chi connectivity index (χ1n) is 3.60. The summed E-state index contributed by atoms with van der Waals surface area (Å²) in [5, 5.41) is 0. The lowest BCUT2D eigenvalue weighted by atomic mass is 10.1. The van der Waals surface area contributed by atoms with E-state index >= 15 is 0 Å². The van der Waals surface area contributed by atoms with Crippen LogP contribution in [0.1, 0.15) is 11.6 Å². The Morgan fingerprint density at radius 1 is 1.75 bits per heavy atom. The number of ether oxygens (including phenoxy) is 1. The number of nitrogens with zero attached hydrogens (tertiary/aromatic N) is 1. The Morgan fingerprint density at radius 3 is 3.08 bits per heavy atom.